The molecule has 0 aliphatic heterocycles. The van der Waals surface area contributed by atoms with Crippen molar-refractivity contribution in [2.45, 2.75) is 56.9 Å². The van der Waals surface area contributed by atoms with E-state index in [1.807, 2.05) is 0 Å². The van der Waals surface area contributed by atoms with Gasteiger partial charge in [-0.3, -0.25) is 0 Å². The maximum absolute atomic E-state index is 6.46. The second-order valence-electron chi connectivity index (χ2n) is 5.74. The molecule has 2 aliphatic rings. The highest BCUT2D eigenvalue weighted by Gasteiger charge is 2.39. The van der Waals surface area contributed by atoms with Gasteiger partial charge in [0, 0.05) is 5.92 Å². The number of rotatable bonds is 2. The average molecular weight is 219 g/mol. The van der Waals surface area contributed by atoms with E-state index in [4.69, 9.17) is 10.2 Å². The highest BCUT2D eigenvalue weighted by atomic mass is 16.3. The molecule has 3 rings (SSSR count). The standard InChI is InChI=1S/C14H21NO/c1-10-9-11(10)12-5-6-13(16-12)14(15)7-3-2-4-8-14/h5-6,10-11H,2-4,7-9,15H2,1H3. The van der Waals surface area contributed by atoms with Crippen molar-refractivity contribution in [3.05, 3.63) is 23.7 Å². The number of hydrogen-bond donors (Lipinski definition) is 1. The molecule has 2 N–H and O–H groups in total. The lowest BCUT2D eigenvalue weighted by atomic mass is 9.81. The molecule has 2 nitrogen and oxygen atoms in total. The van der Waals surface area contributed by atoms with Gasteiger partial charge in [0.2, 0.25) is 0 Å². The van der Waals surface area contributed by atoms with Gasteiger partial charge in [-0.15, -0.1) is 0 Å². The fourth-order valence-electron chi connectivity index (χ4n) is 2.97. The normalized spacial score (nSPS) is 32.6. The van der Waals surface area contributed by atoms with Crippen LogP contribution in [0.4, 0.5) is 0 Å². The highest BCUT2D eigenvalue weighted by molar-refractivity contribution is 5.22. The Morgan fingerprint density at radius 1 is 1.25 bits per heavy atom. The van der Waals surface area contributed by atoms with Crippen molar-refractivity contribution in [1.29, 1.82) is 0 Å². The van der Waals surface area contributed by atoms with Crippen molar-refractivity contribution < 1.29 is 4.42 Å². The first kappa shape index (κ1) is 10.4. The summed E-state index contributed by atoms with van der Waals surface area (Å²) < 4.78 is 6.00. The third-order valence-corrected chi connectivity index (χ3v) is 4.34. The minimum atomic E-state index is -0.172. The van der Waals surface area contributed by atoms with Crippen LogP contribution in [0.25, 0.3) is 0 Å². The molecule has 0 spiro atoms. The Morgan fingerprint density at radius 3 is 2.56 bits per heavy atom. The molecule has 0 radical (unpaired) electrons. The molecule has 2 fully saturated rings. The molecule has 0 bridgehead atoms. The molecule has 2 heteroatoms. The van der Waals surface area contributed by atoms with Crippen molar-refractivity contribution >= 4 is 0 Å². The molecule has 0 aromatic carbocycles. The molecule has 1 aromatic heterocycles. The first-order chi connectivity index (χ1) is 7.69. The van der Waals surface area contributed by atoms with Crippen LogP contribution in [0, 0.1) is 5.92 Å². The molecule has 88 valence electrons. The van der Waals surface area contributed by atoms with E-state index < -0.39 is 0 Å². The quantitative estimate of drug-likeness (QED) is 0.826. The van der Waals surface area contributed by atoms with Gasteiger partial charge in [0.1, 0.15) is 11.5 Å². The second-order valence-corrected chi connectivity index (χ2v) is 5.74. The fourth-order valence-corrected chi connectivity index (χ4v) is 2.97. The number of furan rings is 1. The van der Waals surface area contributed by atoms with Gasteiger partial charge in [-0.2, -0.15) is 0 Å². The Kier molecular flexibility index (Phi) is 2.36. The minimum absolute atomic E-state index is 0.172. The maximum Gasteiger partial charge on any atom is 0.124 e. The first-order valence-electron chi connectivity index (χ1n) is 6.58. The van der Waals surface area contributed by atoms with Crippen LogP contribution in [0.1, 0.15) is 62.9 Å². The summed E-state index contributed by atoms with van der Waals surface area (Å²) in [6, 6.07) is 4.26. The van der Waals surface area contributed by atoms with Gasteiger partial charge in [-0.25, -0.2) is 0 Å². The molecular formula is C14H21NO. The third kappa shape index (κ3) is 1.69. The molecule has 0 saturated heterocycles. The Labute approximate surface area is 97.2 Å². The SMILES string of the molecule is CC1CC1c1ccc(C2(N)CCCCC2)o1. The van der Waals surface area contributed by atoms with Crippen molar-refractivity contribution in [2.24, 2.45) is 11.7 Å². The van der Waals surface area contributed by atoms with E-state index in [0.29, 0.717) is 5.92 Å². The fraction of sp³-hybridized carbons (Fsp3) is 0.714. The van der Waals surface area contributed by atoms with Crippen molar-refractivity contribution in [2.75, 3.05) is 0 Å². The van der Waals surface area contributed by atoms with Crippen molar-refractivity contribution in [3.63, 3.8) is 0 Å². The topological polar surface area (TPSA) is 39.2 Å². The van der Waals surface area contributed by atoms with Gasteiger partial charge in [0.05, 0.1) is 5.54 Å². The van der Waals surface area contributed by atoms with Gasteiger partial charge in [0.25, 0.3) is 0 Å². The zero-order chi connectivity index (χ0) is 11.2. The summed E-state index contributed by atoms with van der Waals surface area (Å²) in [7, 11) is 0. The van der Waals surface area contributed by atoms with E-state index >= 15 is 0 Å². The van der Waals surface area contributed by atoms with Crippen LogP contribution in [0.5, 0.6) is 0 Å². The summed E-state index contributed by atoms with van der Waals surface area (Å²) in [5.74, 6) is 3.67. The lowest BCUT2D eigenvalue weighted by Gasteiger charge is -2.31. The third-order valence-electron chi connectivity index (χ3n) is 4.34. The monoisotopic (exact) mass is 219 g/mol. The molecule has 1 heterocycles. The lowest BCUT2D eigenvalue weighted by molar-refractivity contribution is 0.247. The summed E-state index contributed by atoms with van der Waals surface area (Å²) in [4.78, 5) is 0. The molecule has 16 heavy (non-hydrogen) atoms. The Hall–Kier alpha value is -0.760. The van der Waals surface area contributed by atoms with E-state index in [9.17, 15) is 0 Å². The molecule has 2 atom stereocenters. The molecule has 1 aromatic rings. The van der Waals surface area contributed by atoms with Crippen LogP contribution < -0.4 is 5.73 Å². The summed E-state index contributed by atoms with van der Waals surface area (Å²) in [5, 5.41) is 0. The minimum Gasteiger partial charge on any atom is -0.464 e. The lowest BCUT2D eigenvalue weighted by Crippen LogP contribution is -2.38. The average Bonchev–Trinajstić information content (AvgIpc) is 2.82. The number of nitrogens with two attached hydrogens (primary N) is 1. The molecular weight excluding hydrogens is 198 g/mol. The van der Waals surface area contributed by atoms with Crippen LogP contribution in [0.3, 0.4) is 0 Å². The summed E-state index contributed by atoms with van der Waals surface area (Å²) in [6.45, 7) is 2.28. The van der Waals surface area contributed by atoms with E-state index in [-0.39, 0.29) is 5.54 Å². The van der Waals surface area contributed by atoms with E-state index in [2.05, 4.69) is 19.1 Å². The smallest absolute Gasteiger partial charge is 0.124 e. The predicted octanol–water partition coefficient (Wildman–Crippen LogP) is 3.52. The van der Waals surface area contributed by atoms with Crippen molar-refractivity contribution in [1.82, 2.24) is 0 Å². The van der Waals surface area contributed by atoms with Crippen molar-refractivity contribution in [3.8, 4) is 0 Å². The first-order valence-corrected chi connectivity index (χ1v) is 6.58. The van der Waals surface area contributed by atoms with Crippen LogP contribution in [-0.2, 0) is 5.54 Å². The van der Waals surface area contributed by atoms with Crippen LogP contribution in [0.15, 0.2) is 16.5 Å². The zero-order valence-electron chi connectivity index (χ0n) is 10.0. The summed E-state index contributed by atoms with van der Waals surface area (Å²) in [5.41, 5.74) is 6.28. The summed E-state index contributed by atoms with van der Waals surface area (Å²) in [6.07, 6.45) is 7.26. The largest absolute Gasteiger partial charge is 0.464 e. The van der Waals surface area contributed by atoms with Gasteiger partial charge in [-0.1, -0.05) is 26.2 Å². The Morgan fingerprint density at radius 2 is 1.94 bits per heavy atom. The van der Waals surface area contributed by atoms with E-state index in [0.717, 1.165) is 30.3 Å². The van der Waals surface area contributed by atoms with Gasteiger partial charge >= 0.3 is 0 Å². The second kappa shape index (κ2) is 3.63. The van der Waals surface area contributed by atoms with Gasteiger partial charge in [-0.05, 0) is 37.3 Å². The Balaban J connectivity index is 1.80. The molecule has 2 aliphatic carbocycles. The van der Waals surface area contributed by atoms with Crippen LogP contribution >= 0.6 is 0 Å². The van der Waals surface area contributed by atoms with Gasteiger partial charge in [0.15, 0.2) is 0 Å². The number of hydrogen-bond acceptors (Lipinski definition) is 2. The summed E-state index contributed by atoms with van der Waals surface area (Å²) >= 11 is 0. The predicted molar refractivity (Wildman–Crippen MR) is 64.2 cm³/mol. The molecule has 0 amide bonds. The molecule has 2 unspecified atom stereocenters. The van der Waals surface area contributed by atoms with Gasteiger partial charge < -0.3 is 10.2 Å². The Bertz CT molecular complexity index is 376. The van der Waals surface area contributed by atoms with E-state index in [1.165, 1.54) is 25.7 Å². The zero-order valence-corrected chi connectivity index (χ0v) is 10.0. The highest BCUT2D eigenvalue weighted by Crippen LogP contribution is 2.48. The maximum atomic E-state index is 6.46. The van der Waals surface area contributed by atoms with E-state index in [1.54, 1.807) is 0 Å². The van der Waals surface area contributed by atoms with Crippen LogP contribution in [-0.4, -0.2) is 0 Å². The van der Waals surface area contributed by atoms with Crippen LogP contribution in [0.2, 0.25) is 0 Å². The molecule has 2 saturated carbocycles.